The molecule has 7 nitrogen and oxygen atoms in total. The molecule has 0 radical (unpaired) electrons. The van der Waals surface area contributed by atoms with Crippen LogP contribution in [0.3, 0.4) is 0 Å². The van der Waals surface area contributed by atoms with Gasteiger partial charge in [0.05, 0.1) is 16.9 Å². The molecule has 0 aromatic heterocycles. The maximum absolute atomic E-state index is 12.3. The fraction of sp³-hybridized carbons (Fsp3) is 0.533. The lowest BCUT2D eigenvalue weighted by molar-refractivity contribution is -0.0751. The Bertz CT molecular complexity index is 634. The summed E-state index contributed by atoms with van der Waals surface area (Å²) in [5.74, 6) is -1.13. The lowest BCUT2D eigenvalue weighted by Gasteiger charge is -2.35. The van der Waals surface area contributed by atoms with Gasteiger partial charge in [0.2, 0.25) is 10.0 Å². The fourth-order valence-corrected chi connectivity index (χ4v) is 4.09. The Kier molecular flexibility index (Phi) is 5.74. The molecule has 0 saturated carbocycles. The van der Waals surface area contributed by atoms with Crippen LogP contribution in [0.25, 0.3) is 0 Å². The minimum Gasteiger partial charge on any atom is -0.478 e. The molecule has 2 N–H and O–H groups in total. The smallest absolute Gasteiger partial charge is 0.335 e. The number of hydrogen-bond acceptors (Lipinski definition) is 5. The van der Waals surface area contributed by atoms with Gasteiger partial charge in [-0.1, -0.05) is 12.1 Å². The monoisotopic (exact) mass is 343 g/mol. The molecule has 0 atom stereocenters. The van der Waals surface area contributed by atoms with E-state index in [9.17, 15) is 13.2 Å². The van der Waals surface area contributed by atoms with Crippen LogP contribution in [-0.4, -0.2) is 51.2 Å². The molecular formula is C15H21NO6S. The summed E-state index contributed by atoms with van der Waals surface area (Å²) in [7, 11) is -2.00. The third-order valence-corrected chi connectivity index (χ3v) is 5.48. The zero-order valence-electron chi connectivity index (χ0n) is 12.9. The first-order valence-electron chi connectivity index (χ1n) is 7.28. The quantitative estimate of drug-likeness (QED) is 0.766. The Morgan fingerprint density at radius 1 is 1.30 bits per heavy atom. The molecule has 1 fully saturated rings. The first-order valence-corrected chi connectivity index (χ1v) is 8.93. The van der Waals surface area contributed by atoms with Crippen LogP contribution in [0.5, 0.6) is 0 Å². The van der Waals surface area contributed by atoms with Crippen molar-refractivity contribution in [3.05, 3.63) is 35.4 Å². The van der Waals surface area contributed by atoms with E-state index in [2.05, 4.69) is 4.72 Å². The van der Waals surface area contributed by atoms with Crippen molar-refractivity contribution in [3.63, 3.8) is 0 Å². The predicted octanol–water partition coefficient (Wildman–Crippen LogP) is 1.000. The molecular weight excluding hydrogens is 322 g/mol. The van der Waals surface area contributed by atoms with Crippen molar-refractivity contribution in [2.75, 3.05) is 26.1 Å². The van der Waals surface area contributed by atoms with Gasteiger partial charge in [-0.2, -0.15) is 0 Å². The van der Waals surface area contributed by atoms with Gasteiger partial charge in [0.1, 0.15) is 0 Å². The van der Waals surface area contributed by atoms with Gasteiger partial charge in [-0.15, -0.1) is 0 Å². The van der Waals surface area contributed by atoms with Crippen LogP contribution >= 0.6 is 0 Å². The largest absolute Gasteiger partial charge is 0.478 e. The van der Waals surface area contributed by atoms with Crippen LogP contribution in [-0.2, 0) is 26.0 Å². The molecule has 2 rings (SSSR count). The van der Waals surface area contributed by atoms with Crippen LogP contribution in [0.1, 0.15) is 28.8 Å². The maximum Gasteiger partial charge on any atom is 0.335 e. The van der Waals surface area contributed by atoms with Crippen molar-refractivity contribution in [1.29, 1.82) is 0 Å². The van der Waals surface area contributed by atoms with Crippen LogP contribution < -0.4 is 4.72 Å². The molecule has 0 aliphatic carbocycles. The highest BCUT2D eigenvalue weighted by molar-refractivity contribution is 7.89. The van der Waals surface area contributed by atoms with E-state index in [0.717, 1.165) is 0 Å². The van der Waals surface area contributed by atoms with Crippen LogP contribution in [0.4, 0.5) is 0 Å². The van der Waals surface area contributed by atoms with Crippen LogP contribution in [0.15, 0.2) is 24.3 Å². The van der Waals surface area contributed by atoms with E-state index in [1.165, 1.54) is 19.2 Å². The van der Waals surface area contributed by atoms with Gasteiger partial charge in [-0.25, -0.2) is 17.9 Å². The summed E-state index contributed by atoms with van der Waals surface area (Å²) in [4.78, 5) is 10.8. The van der Waals surface area contributed by atoms with Crippen LogP contribution in [0, 0.1) is 0 Å². The summed E-state index contributed by atoms with van der Waals surface area (Å²) in [6, 6.07) is 6.07. The van der Waals surface area contributed by atoms with Crippen molar-refractivity contribution < 1.29 is 27.8 Å². The van der Waals surface area contributed by atoms with E-state index in [0.29, 0.717) is 31.6 Å². The Balaban J connectivity index is 1.96. The van der Waals surface area contributed by atoms with E-state index in [-0.39, 0.29) is 17.9 Å². The second-order valence-electron chi connectivity index (χ2n) is 5.58. The lowest BCUT2D eigenvalue weighted by atomic mass is 9.97. The summed E-state index contributed by atoms with van der Waals surface area (Å²) >= 11 is 0. The fourth-order valence-electron chi connectivity index (χ4n) is 2.51. The Labute approximate surface area is 135 Å². The van der Waals surface area contributed by atoms with E-state index in [1.54, 1.807) is 12.1 Å². The van der Waals surface area contributed by atoms with Gasteiger partial charge in [0, 0.05) is 39.7 Å². The second kappa shape index (κ2) is 7.39. The summed E-state index contributed by atoms with van der Waals surface area (Å²) in [5, 5.41) is 8.84. The zero-order chi connectivity index (χ0) is 16.9. The first kappa shape index (κ1) is 17.9. The number of ether oxygens (including phenoxy) is 2. The first-order chi connectivity index (χ1) is 10.9. The molecule has 0 unspecified atom stereocenters. The summed E-state index contributed by atoms with van der Waals surface area (Å²) in [5.41, 5.74) is 0.145. The van der Waals surface area contributed by atoms with Gasteiger partial charge in [-0.3, -0.25) is 0 Å². The number of carbonyl (C=O) groups is 1. The predicted molar refractivity (Wildman–Crippen MR) is 83.8 cm³/mol. The number of rotatable bonds is 7. The molecule has 128 valence electrons. The Morgan fingerprint density at radius 3 is 2.43 bits per heavy atom. The normalized spacial score (nSPS) is 17.8. The number of carboxylic acid groups (broad SMARTS) is 1. The standard InChI is InChI=1S/C15H21NO6S/c1-21-15(6-8-22-9-7-15)11-23(19,20)16-10-12-2-4-13(5-3-12)14(17)18/h2-5,16H,6-11H2,1H3,(H,17,18). The molecule has 23 heavy (non-hydrogen) atoms. The highest BCUT2D eigenvalue weighted by Crippen LogP contribution is 2.26. The molecule has 0 spiro atoms. The SMILES string of the molecule is COC1(CS(=O)(=O)NCc2ccc(C(=O)O)cc2)CCOCC1. The van der Waals surface area contributed by atoms with Gasteiger partial charge in [0.15, 0.2) is 0 Å². The molecule has 1 aromatic carbocycles. The lowest BCUT2D eigenvalue weighted by Crippen LogP contribution is -2.47. The molecule has 8 heteroatoms. The highest BCUT2D eigenvalue weighted by Gasteiger charge is 2.37. The Morgan fingerprint density at radius 2 is 1.91 bits per heavy atom. The number of sulfonamides is 1. The summed E-state index contributed by atoms with van der Waals surface area (Å²) in [6.45, 7) is 1.08. The minimum atomic E-state index is -3.52. The minimum absolute atomic E-state index is 0.110. The van der Waals surface area contributed by atoms with Crippen molar-refractivity contribution in [2.45, 2.75) is 25.0 Å². The van der Waals surface area contributed by atoms with E-state index >= 15 is 0 Å². The van der Waals surface area contributed by atoms with Gasteiger partial charge >= 0.3 is 5.97 Å². The molecule has 1 aliphatic rings. The van der Waals surface area contributed by atoms with Gasteiger partial charge in [-0.05, 0) is 17.7 Å². The van der Waals surface area contributed by atoms with E-state index < -0.39 is 21.6 Å². The number of methoxy groups -OCH3 is 1. The number of hydrogen-bond donors (Lipinski definition) is 2. The third kappa shape index (κ3) is 5.00. The zero-order valence-corrected chi connectivity index (χ0v) is 13.8. The van der Waals surface area contributed by atoms with Crippen molar-refractivity contribution >= 4 is 16.0 Å². The number of carboxylic acids is 1. The molecule has 0 bridgehead atoms. The number of nitrogens with one attached hydrogen (secondary N) is 1. The van der Waals surface area contributed by atoms with Crippen molar-refractivity contribution in [1.82, 2.24) is 4.72 Å². The third-order valence-electron chi connectivity index (χ3n) is 3.99. The van der Waals surface area contributed by atoms with Crippen LogP contribution in [0.2, 0.25) is 0 Å². The van der Waals surface area contributed by atoms with E-state index in [1.807, 2.05) is 0 Å². The molecule has 1 heterocycles. The second-order valence-corrected chi connectivity index (χ2v) is 7.39. The number of benzene rings is 1. The maximum atomic E-state index is 12.3. The topological polar surface area (TPSA) is 102 Å². The highest BCUT2D eigenvalue weighted by atomic mass is 32.2. The average Bonchev–Trinajstić information content (AvgIpc) is 2.54. The molecule has 1 aliphatic heterocycles. The molecule has 1 aromatic rings. The number of aromatic carboxylic acids is 1. The van der Waals surface area contributed by atoms with Crippen molar-refractivity contribution in [3.8, 4) is 0 Å². The van der Waals surface area contributed by atoms with E-state index in [4.69, 9.17) is 14.6 Å². The Hall–Kier alpha value is -1.48. The molecule has 1 saturated heterocycles. The molecule has 0 amide bonds. The van der Waals surface area contributed by atoms with Gasteiger partial charge < -0.3 is 14.6 Å². The summed E-state index contributed by atoms with van der Waals surface area (Å²) in [6.07, 6.45) is 1.08. The average molecular weight is 343 g/mol. The summed E-state index contributed by atoms with van der Waals surface area (Å²) < 4.78 is 37.8. The van der Waals surface area contributed by atoms with Crippen molar-refractivity contribution in [2.24, 2.45) is 0 Å². The van der Waals surface area contributed by atoms with Gasteiger partial charge in [0.25, 0.3) is 0 Å².